The van der Waals surface area contributed by atoms with Crippen LogP contribution in [0.2, 0.25) is 0 Å². The van der Waals surface area contributed by atoms with Gasteiger partial charge in [-0.3, -0.25) is 0 Å². The lowest BCUT2D eigenvalue weighted by molar-refractivity contribution is 0.125. The molecule has 27 heavy (non-hydrogen) atoms. The minimum Gasteiger partial charge on any atom is -0.497 e. The fourth-order valence-electron chi connectivity index (χ4n) is 3.96. The molecule has 0 saturated carbocycles. The second-order valence-electron chi connectivity index (χ2n) is 7.47. The third-order valence-corrected chi connectivity index (χ3v) is 5.44. The van der Waals surface area contributed by atoms with Crippen LogP contribution >= 0.6 is 0 Å². The van der Waals surface area contributed by atoms with Crippen molar-refractivity contribution in [1.29, 1.82) is 0 Å². The molecule has 2 heteroatoms. The van der Waals surface area contributed by atoms with Gasteiger partial charge in [0.15, 0.2) is 0 Å². The van der Waals surface area contributed by atoms with E-state index < -0.39 is 5.60 Å². The van der Waals surface area contributed by atoms with Gasteiger partial charge in [0.05, 0.1) is 7.11 Å². The highest BCUT2D eigenvalue weighted by molar-refractivity contribution is 6.06. The molecular weight excluding hydrogens is 332 g/mol. The highest BCUT2D eigenvalue weighted by Gasteiger charge is 2.41. The van der Waals surface area contributed by atoms with E-state index in [1.807, 2.05) is 25.1 Å². The number of rotatable bonds is 3. The molecule has 0 fully saturated rings. The zero-order valence-electron chi connectivity index (χ0n) is 16.2. The van der Waals surface area contributed by atoms with Gasteiger partial charge < -0.3 is 9.84 Å². The normalized spacial score (nSPS) is 18.6. The first kappa shape index (κ1) is 17.6. The zero-order valence-corrected chi connectivity index (χ0v) is 16.2. The Bertz CT molecular complexity index is 1020. The quantitative estimate of drug-likeness (QED) is 0.672. The molecule has 0 radical (unpaired) electrons. The molecular formula is C25H24O2. The van der Waals surface area contributed by atoms with E-state index in [0.29, 0.717) is 0 Å². The van der Waals surface area contributed by atoms with Crippen LogP contribution in [-0.2, 0) is 5.60 Å². The Kier molecular flexibility index (Phi) is 4.16. The van der Waals surface area contributed by atoms with Gasteiger partial charge in [0.25, 0.3) is 0 Å². The molecule has 3 aromatic rings. The van der Waals surface area contributed by atoms with Crippen LogP contribution in [0.1, 0.15) is 40.3 Å². The van der Waals surface area contributed by atoms with Crippen molar-refractivity contribution < 1.29 is 9.84 Å². The molecule has 0 saturated heterocycles. The van der Waals surface area contributed by atoms with Crippen molar-refractivity contribution in [2.75, 3.05) is 7.11 Å². The Morgan fingerprint density at radius 3 is 1.89 bits per heavy atom. The van der Waals surface area contributed by atoms with Gasteiger partial charge in [0.2, 0.25) is 0 Å². The van der Waals surface area contributed by atoms with Gasteiger partial charge in [-0.25, -0.2) is 0 Å². The Hall–Kier alpha value is -2.84. The van der Waals surface area contributed by atoms with Gasteiger partial charge in [-0.1, -0.05) is 65.7 Å². The van der Waals surface area contributed by atoms with Crippen LogP contribution < -0.4 is 4.74 Å². The predicted octanol–water partition coefficient (Wildman–Crippen LogP) is 5.49. The van der Waals surface area contributed by atoms with Crippen molar-refractivity contribution in [3.05, 3.63) is 100 Å². The first-order valence-electron chi connectivity index (χ1n) is 9.22. The number of aliphatic hydroxyl groups is 1. The molecule has 1 unspecified atom stereocenters. The Morgan fingerprint density at radius 1 is 0.778 bits per heavy atom. The zero-order chi connectivity index (χ0) is 19.2. The van der Waals surface area contributed by atoms with Crippen LogP contribution in [0.3, 0.4) is 0 Å². The smallest absolute Gasteiger partial charge is 0.119 e. The number of hydrogen-bond acceptors (Lipinski definition) is 2. The van der Waals surface area contributed by atoms with Gasteiger partial charge in [-0.05, 0) is 60.7 Å². The number of ether oxygens (including phenoxy) is 1. The monoisotopic (exact) mass is 356 g/mol. The second-order valence-corrected chi connectivity index (χ2v) is 7.47. The highest BCUT2D eigenvalue weighted by Crippen LogP contribution is 2.52. The standard InChI is InChI=1S/C25H24O2/c1-16-5-9-18(10-6-16)23-21-15-20(27-4)13-14-22(21)25(3,26)24(23)19-11-7-17(2)8-12-19/h5-15,26H,1-4H3. The lowest BCUT2D eigenvalue weighted by Gasteiger charge is -2.24. The average Bonchev–Trinajstić information content (AvgIpc) is 2.90. The van der Waals surface area contributed by atoms with Gasteiger partial charge in [0, 0.05) is 5.57 Å². The van der Waals surface area contributed by atoms with E-state index in [0.717, 1.165) is 39.1 Å². The molecule has 1 aliphatic rings. The summed E-state index contributed by atoms with van der Waals surface area (Å²) in [6.45, 7) is 6.04. The summed E-state index contributed by atoms with van der Waals surface area (Å²) in [7, 11) is 1.67. The molecule has 136 valence electrons. The molecule has 4 rings (SSSR count). The summed E-state index contributed by atoms with van der Waals surface area (Å²) in [5, 5.41) is 11.6. The number of aryl methyl sites for hydroxylation is 2. The molecule has 0 amide bonds. The van der Waals surface area contributed by atoms with Gasteiger partial charge >= 0.3 is 0 Å². The summed E-state index contributed by atoms with van der Waals surface area (Å²) >= 11 is 0. The van der Waals surface area contributed by atoms with E-state index in [2.05, 4.69) is 62.4 Å². The molecule has 1 aliphatic carbocycles. The lowest BCUT2D eigenvalue weighted by Crippen LogP contribution is -2.20. The van der Waals surface area contributed by atoms with Crippen LogP contribution in [0.5, 0.6) is 5.75 Å². The fraction of sp³-hybridized carbons (Fsp3) is 0.200. The lowest BCUT2D eigenvalue weighted by atomic mass is 9.86. The van der Waals surface area contributed by atoms with Crippen molar-refractivity contribution >= 4 is 11.1 Å². The number of hydrogen-bond donors (Lipinski definition) is 1. The van der Waals surface area contributed by atoms with E-state index in [1.54, 1.807) is 7.11 Å². The van der Waals surface area contributed by atoms with Gasteiger partial charge in [-0.2, -0.15) is 0 Å². The number of benzene rings is 3. The molecule has 0 heterocycles. The van der Waals surface area contributed by atoms with Crippen molar-refractivity contribution in [2.45, 2.75) is 26.4 Å². The fourth-order valence-corrected chi connectivity index (χ4v) is 3.96. The Morgan fingerprint density at radius 2 is 1.33 bits per heavy atom. The minimum atomic E-state index is -1.07. The van der Waals surface area contributed by atoms with Gasteiger partial charge in [-0.15, -0.1) is 0 Å². The van der Waals surface area contributed by atoms with Crippen molar-refractivity contribution in [1.82, 2.24) is 0 Å². The van der Waals surface area contributed by atoms with Crippen LogP contribution in [0.4, 0.5) is 0 Å². The van der Waals surface area contributed by atoms with E-state index in [4.69, 9.17) is 4.74 Å². The first-order valence-corrected chi connectivity index (χ1v) is 9.22. The molecule has 2 nitrogen and oxygen atoms in total. The van der Waals surface area contributed by atoms with Crippen LogP contribution in [0.15, 0.2) is 66.7 Å². The van der Waals surface area contributed by atoms with E-state index in [9.17, 15) is 5.11 Å². The summed E-state index contributed by atoms with van der Waals surface area (Å²) in [5.74, 6) is 0.791. The number of methoxy groups -OCH3 is 1. The van der Waals surface area contributed by atoms with Crippen LogP contribution in [0.25, 0.3) is 11.1 Å². The second kappa shape index (κ2) is 6.40. The van der Waals surface area contributed by atoms with Crippen molar-refractivity contribution in [3.63, 3.8) is 0 Å². The maximum atomic E-state index is 11.6. The molecule has 0 bridgehead atoms. The van der Waals surface area contributed by atoms with Gasteiger partial charge in [0.1, 0.15) is 11.4 Å². The SMILES string of the molecule is COc1ccc2c(c1)C(c1ccc(C)cc1)=C(c1ccc(C)cc1)C2(C)O. The summed E-state index contributed by atoms with van der Waals surface area (Å²) in [6, 6.07) is 22.8. The third-order valence-electron chi connectivity index (χ3n) is 5.44. The summed E-state index contributed by atoms with van der Waals surface area (Å²) in [5.41, 5.74) is 7.43. The molecule has 1 atom stereocenters. The third kappa shape index (κ3) is 2.87. The summed E-state index contributed by atoms with van der Waals surface area (Å²) in [4.78, 5) is 0. The van der Waals surface area contributed by atoms with Crippen LogP contribution in [-0.4, -0.2) is 12.2 Å². The van der Waals surface area contributed by atoms with Crippen molar-refractivity contribution in [3.8, 4) is 5.75 Å². The Labute approximate surface area is 160 Å². The van der Waals surface area contributed by atoms with Crippen molar-refractivity contribution in [2.24, 2.45) is 0 Å². The van der Waals surface area contributed by atoms with E-state index >= 15 is 0 Å². The summed E-state index contributed by atoms with van der Waals surface area (Å²) in [6.07, 6.45) is 0. The minimum absolute atomic E-state index is 0.791. The molecule has 0 aliphatic heterocycles. The maximum Gasteiger partial charge on any atom is 0.119 e. The first-order chi connectivity index (χ1) is 12.9. The average molecular weight is 356 g/mol. The van der Waals surface area contributed by atoms with E-state index in [1.165, 1.54) is 11.1 Å². The number of fused-ring (bicyclic) bond motifs is 1. The highest BCUT2D eigenvalue weighted by atomic mass is 16.5. The molecule has 1 N–H and O–H groups in total. The largest absolute Gasteiger partial charge is 0.497 e. The maximum absolute atomic E-state index is 11.6. The summed E-state index contributed by atoms with van der Waals surface area (Å²) < 4.78 is 5.46. The predicted molar refractivity (Wildman–Crippen MR) is 111 cm³/mol. The molecule has 0 spiro atoms. The molecule has 3 aromatic carbocycles. The topological polar surface area (TPSA) is 29.5 Å². The van der Waals surface area contributed by atoms with Crippen LogP contribution in [0, 0.1) is 13.8 Å². The molecule has 0 aromatic heterocycles. The van der Waals surface area contributed by atoms with E-state index in [-0.39, 0.29) is 0 Å². The Balaban J connectivity index is 2.05.